The molecule has 1 aliphatic rings. The molecule has 3 rings (SSSR count). The van der Waals surface area contributed by atoms with Crippen LogP contribution in [0, 0.1) is 5.92 Å². The summed E-state index contributed by atoms with van der Waals surface area (Å²) in [6.07, 6.45) is 1.84. The van der Waals surface area contributed by atoms with E-state index in [4.69, 9.17) is 11.6 Å². The number of carbonyl (C=O) groups is 2. The molecule has 0 radical (unpaired) electrons. The molecule has 0 aliphatic carbocycles. The van der Waals surface area contributed by atoms with Crippen molar-refractivity contribution < 1.29 is 14.7 Å². The van der Waals surface area contributed by atoms with Crippen LogP contribution in [0.3, 0.4) is 0 Å². The van der Waals surface area contributed by atoms with E-state index < -0.39 is 17.7 Å². The summed E-state index contributed by atoms with van der Waals surface area (Å²) in [5.41, 5.74) is 1.15. The molecule has 0 saturated heterocycles. The van der Waals surface area contributed by atoms with Gasteiger partial charge < -0.3 is 5.11 Å². The highest BCUT2D eigenvalue weighted by molar-refractivity contribution is 6.30. The molecule has 1 aromatic heterocycles. The summed E-state index contributed by atoms with van der Waals surface area (Å²) in [5.74, 6) is -1.28. The molecule has 1 unspecified atom stereocenters. The van der Waals surface area contributed by atoms with Gasteiger partial charge in [0.15, 0.2) is 11.5 Å². The molecule has 1 atom stereocenters. The number of pyridine rings is 1. The third-order valence-electron chi connectivity index (χ3n) is 4.17. The SMILES string of the molecule is CC(C)CC(=O)C1=C(O)C(=O)N(c2ccc(Cl)cc2)C1c1ccccn1. The summed E-state index contributed by atoms with van der Waals surface area (Å²) >= 11 is 5.94. The molecule has 0 saturated carbocycles. The number of hydrogen-bond donors (Lipinski definition) is 1. The van der Waals surface area contributed by atoms with Crippen LogP contribution in [-0.4, -0.2) is 21.8 Å². The van der Waals surface area contributed by atoms with Gasteiger partial charge in [-0.05, 0) is 42.3 Å². The maximum absolute atomic E-state index is 12.8. The lowest BCUT2D eigenvalue weighted by Crippen LogP contribution is -2.31. The molecule has 1 amide bonds. The number of amides is 1. The molecule has 1 aromatic carbocycles. The first-order valence-corrected chi connectivity index (χ1v) is 8.74. The van der Waals surface area contributed by atoms with Gasteiger partial charge in [0.2, 0.25) is 0 Å². The molecule has 0 fully saturated rings. The van der Waals surface area contributed by atoms with E-state index in [1.165, 1.54) is 4.90 Å². The maximum atomic E-state index is 12.8. The van der Waals surface area contributed by atoms with Crippen LogP contribution in [0.1, 0.15) is 32.0 Å². The summed E-state index contributed by atoms with van der Waals surface area (Å²) < 4.78 is 0. The number of Topliss-reactive ketones (excluding diaryl/α,β-unsaturated/α-hetero) is 1. The zero-order valence-electron chi connectivity index (χ0n) is 14.5. The Bertz CT molecular complexity index is 860. The molecule has 0 spiro atoms. The normalized spacial score (nSPS) is 17.3. The number of carbonyl (C=O) groups excluding carboxylic acids is 2. The summed E-state index contributed by atoms with van der Waals surface area (Å²) in [7, 11) is 0. The van der Waals surface area contributed by atoms with Crippen molar-refractivity contribution >= 4 is 29.0 Å². The topological polar surface area (TPSA) is 70.5 Å². The predicted octanol–water partition coefficient (Wildman–Crippen LogP) is 4.25. The lowest BCUT2D eigenvalue weighted by atomic mass is 9.94. The number of halogens is 1. The quantitative estimate of drug-likeness (QED) is 0.854. The van der Waals surface area contributed by atoms with Crippen LogP contribution < -0.4 is 4.90 Å². The second-order valence-corrected chi connectivity index (χ2v) is 7.03. The summed E-state index contributed by atoms with van der Waals surface area (Å²) in [6.45, 7) is 3.83. The van der Waals surface area contributed by atoms with E-state index in [0.29, 0.717) is 16.4 Å². The van der Waals surface area contributed by atoms with E-state index in [1.807, 2.05) is 13.8 Å². The fraction of sp³-hybridized carbons (Fsp3) is 0.250. The second-order valence-electron chi connectivity index (χ2n) is 6.59. The zero-order chi connectivity index (χ0) is 18.8. The van der Waals surface area contributed by atoms with E-state index >= 15 is 0 Å². The van der Waals surface area contributed by atoms with Gasteiger partial charge in [0.1, 0.15) is 6.04 Å². The molecule has 5 nitrogen and oxygen atoms in total. The Morgan fingerprint density at radius 1 is 1.23 bits per heavy atom. The summed E-state index contributed by atoms with van der Waals surface area (Å²) in [4.78, 5) is 31.3. The van der Waals surface area contributed by atoms with E-state index in [2.05, 4.69) is 4.98 Å². The smallest absolute Gasteiger partial charge is 0.294 e. The maximum Gasteiger partial charge on any atom is 0.294 e. The number of aliphatic hydroxyl groups is 1. The van der Waals surface area contributed by atoms with Gasteiger partial charge in [-0.15, -0.1) is 0 Å². The number of benzene rings is 1. The van der Waals surface area contributed by atoms with Crippen LogP contribution in [0.2, 0.25) is 5.02 Å². The standard InChI is InChI=1S/C20H19ClN2O3/c1-12(2)11-16(24)17-18(15-5-3-4-10-22-15)23(20(26)19(17)25)14-8-6-13(21)7-9-14/h3-10,12,18,25H,11H2,1-2H3. The number of aliphatic hydroxyl groups excluding tert-OH is 1. The number of hydrogen-bond acceptors (Lipinski definition) is 4. The minimum absolute atomic E-state index is 0.0948. The fourth-order valence-electron chi connectivity index (χ4n) is 3.06. The van der Waals surface area contributed by atoms with Gasteiger partial charge in [-0.3, -0.25) is 19.5 Å². The van der Waals surface area contributed by atoms with Gasteiger partial charge in [0.05, 0.1) is 11.3 Å². The van der Waals surface area contributed by atoms with Crippen LogP contribution in [0.4, 0.5) is 5.69 Å². The van der Waals surface area contributed by atoms with Gasteiger partial charge >= 0.3 is 0 Å². The molecule has 2 heterocycles. The Balaban J connectivity index is 2.12. The number of aromatic nitrogens is 1. The minimum atomic E-state index is -0.767. The average molecular weight is 371 g/mol. The molecule has 1 N–H and O–H groups in total. The molecule has 0 bridgehead atoms. The van der Waals surface area contributed by atoms with Crippen molar-refractivity contribution in [1.29, 1.82) is 0 Å². The number of ketones is 1. The Kier molecular flexibility index (Phi) is 5.09. The predicted molar refractivity (Wildman–Crippen MR) is 100 cm³/mol. The summed E-state index contributed by atoms with van der Waals surface area (Å²) in [5, 5.41) is 11.0. The van der Waals surface area contributed by atoms with Gasteiger partial charge in [0.25, 0.3) is 5.91 Å². The average Bonchev–Trinajstić information content (AvgIpc) is 2.88. The Morgan fingerprint density at radius 3 is 2.50 bits per heavy atom. The number of anilines is 1. The second kappa shape index (κ2) is 7.30. The van der Waals surface area contributed by atoms with Crippen molar-refractivity contribution in [3.8, 4) is 0 Å². The lowest BCUT2D eigenvalue weighted by molar-refractivity contribution is -0.118. The van der Waals surface area contributed by atoms with Gasteiger partial charge in [-0.25, -0.2) is 0 Å². The van der Waals surface area contributed by atoms with Crippen molar-refractivity contribution in [3.63, 3.8) is 0 Å². The minimum Gasteiger partial charge on any atom is -0.503 e. The fourth-order valence-corrected chi connectivity index (χ4v) is 3.18. The lowest BCUT2D eigenvalue weighted by Gasteiger charge is -2.26. The first kappa shape index (κ1) is 18.1. The first-order chi connectivity index (χ1) is 12.4. The third-order valence-corrected chi connectivity index (χ3v) is 4.43. The van der Waals surface area contributed by atoms with E-state index in [-0.39, 0.29) is 23.7 Å². The van der Waals surface area contributed by atoms with Gasteiger partial charge in [-0.2, -0.15) is 0 Å². The molecular weight excluding hydrogens is 352 g/mol. The van der Waals surface area contributed by atoms with Crippen LogP contribution in [0.25, 0.3) is 0 Å². The van der Waals surface area contributed by atoms with E-state index in [0.717, 1.165) is 0 Å². The molecule has 6 heteroatoms. The molecule has 1 aliphatic heterocycles. The highest BCUT2D eigenvalue weighted by Gasteiger charge is 2.44. The third kappa shape index (κ3) is 3.35. The van der Waals surface area contributed by atoms with Crippen molar-refractivity contribution in [3.05, 3.63) is 70.7 Å². The highest BCUT2D eigenvalue weighted by atomic mass is 35.5. The highest BCUT2D eigenvalue weighted by Crippen LogP contribution is 2.41. The Hall–Kier alpha value is -2.66. The number of rotatable bonds is 5. The largest absolute Gasteiger partial charge is 0.503 e. The van der Waals surface area contributed by atoms with Crippen molar-refractivity contribution in [1.82, 2.24) is 4.98 Å². The number of nitrogens with zero attached hydrogens (tertiary/aromatic N) is 2. The van der Waals surface area contributed by atoms with Crippen molar-refractivity contribution in [2.45, 2.75) is 26.3 Å². The molecule has 26 heavy (non-hydrogen) atoms. The summed E-state index contributed by atoms with van der Waals surface area (Å²) in [6, 6.07) is 11.2. The van der Waals surface area contributed by atoms with Crippen LogP contribution in [0.5, 0.6) is 0 Å². The van der Waals surface area contributed by atoms with Crippen LogP contribution in [-0.2, 0) is 9.59 Å². The molecular formula is C20H19ClN2O3. The molecule has 2 aromatic rings. The van der Waals surface area contributed by atoms with Crippen molar-refractivity contribution in [2.75, 3.05) is 4.90 Å². The van der Waals surface area contributed by atoms with Crippen LogP contribution in [0.15, 0.2) is 60.0 Å². The van der Waals surface area contributed by atoms with Crippen LogP contribution >= 0.6 is 11.6 Å². The van der Waals surface area contributed by atoms with Crippen molar-refractivity contribution in [2.24, 2.45) is 5.92 Å². The van der Waals surface area contributed by atoms with Gasteiger partial charge in [0, 0.05) is 23.3 Å². The van der Waals surface area contributed by atoms with E-state index in [1.54, 1.807) is 48.7 Å². The monoisotopic (exact) mass is 370 g/mol. The molecule has 134 valence electrons. The zero-order valence-corrected chi connectivity index (χ0v) is 15.3. The Morgan fingerprint density at radius 2 is 1.92 bits per heavy atom. The van der Waals surface area contributed by atoms with Gasteiger partial charge in [-0.1, -0.05) is 31.5 Å². The van der Waals surface area contributed by atoms with E-state index in [9.17, 15) is 14.7 Å². The first-order valence-electron chi connectivity index (χ1n) is 8.36. The Labute approximate surface area is 156 Å².